The number of sulfonamides is 1. The number of hydrogen-bond donors (Lipinski definition) is 2. The second-order valence-electron chi connectivity index (χ2n) is 4.25. The average Bonchev–Trinajstić information content (AvgIpc) is 2.31. The van der Waals surface area contributed by atoms with E-state index in [4.69, 9.17) is 5.11 Å². The van der Waals surface area contributed by atoms with Gasteiger partial charge in [-0.2, -0.15) is 0 Å². The van der Waals surface area contributed by atoms with Crippen LogP contribution in [-0.4, -0.2) is 25.9 Å². The van der Waals surface area contributed by atoms with E-state index in [1.54, 1.807) is 12.1 Å². The molecule has 0 aromatic heterocycles. The topological polar surface area (TPSA) is 66.4 Å². The van der Waals surface area contributed by atoms with Crippen molar-refractivity contribution >= 4 is 15.7 Å². The minimum atomic E-state index is -3.32. The van der Waals surface area contributed by atoms with E-state index in [1.807, 2.05) is 19.9 Å². The smallest absolute Gasteiger partial charge is 0.232 e. The molecule has 104 valence electrons. The van der Waals surface area contributed by atoms with Gasteiger partial charge in [0.2, 0.25) is 10.0 Å². The van der Waals surface area contributed by atoms with Crippen LogP contribution in [0.1, 0.15) is 30.9 Å². The standard InChI is InChI=1S/C14H19NO3S/c1-3-10-19(17,18)15-14-11-12(2)7-8-13(14)6-4-5-9-16/h7-8,11,15-16H,3,5,9-10H2,1-2H3. The number of aliphatic hydroxyl groups is 1. The summed E-state index contributed by atoms with van der Waals surface area (Å²) in [5.41, 5.74) is 2.08. The fourth-order valence-electron chi connectivity index (χ4n) is 1.55. The molecule has 0 bridgehead atoms. The van der Waals surface area contributed by atoms with E-state index in [0.29, 0.717) is 24.1 Å². The first-order valence-electron chi connectivity index (χ1n) is 6.19. The molecule has 0 unspecified atom stereocenters. The van der Waals surface area contributed by atoms with Gasteiger partial charge >= 0.3 is 0 Å². The van der Waals surface area contributed by atoms with Gasteiger partial charge in [0.05, 0.1) is 18.0 Å². The molecule has 0 aliphatic carbocycles. The third-order valence-electron chi connectivity index (χ3n) is 2.37. The lowest BCUT2D eigenvalue weighted by atomic mass is 10.1. The van der Waals surface area contributed by atoms with E-state index in [-0.39, 0.29) is 12.4 Å². The van der Waals surface area contributed by atoms with Crippen molar-refractivity contribution in [2.24, 2.45) is 0 Å². The molecule has 0 amide bonds. The zero-order chi connectivity index (χ0) is 14.3. The first kappa shape index (κ1) is 15.5. The van der Waals surface area contributed by atoms with Gasteiger partial charge in [-0.1, -0.05) is 24.8 Å². The van der Waals surface area contributed by atoms with E-state index in [2.05, 4.69) is 16.6 Å². The molecule has 1 rings (SSSR count). The molecule has 4 nitrogen and oxygen atoms in total. The Balaban J connectivity index is 3.05. The Morgan fingerprint density at radius 3 is 2.74 bits per heavy atom. The van der Waals surface area contributed by atoms with Crippen LogP contribution in [-0.2, 0) is 10.0 Å². The maximum absolute atomic E-state index is 11.8. The lowest BCUT2D eigenvalue weighted by Gasteiger charge is -2.10. The molecule has 0 heterocycles. The Morgan fingerprint density at radius 2 is 2.11 bits per heavy atom. The molecule has 5 heteroatoms. The van der Waals surface area contributed by atoms with E-state index in [9.17, 15) is 8.42 Å². The van der Waals surface area contributed by atoms with Gasteiger partial charge in [-0.3, -0.25) is 4.72 Å². The number of nitrogens with one attached hydrogen (secondary N) is 1. The molecule has 1 aromatic carbocycles. The molecule has 0 saturated heterocycles. The third-order valence-corrected chi connectivity index (χ3v) is 3.85. The Bertz CT molecular complexity index is 582. The first-order valence-corrected chi connectivity index (χ1v) is 7.84. The summed E-state index contributed by atoms with van der Waals surface area (Å²) in [5, 5.41) is 8.70. The highest BCUT2D eigenvalue weighted by atomic mass is 32.2. The molecular formula is C14H19NO3S. The Morgan fingerprint density at radius 1 is 1.37 bits per heavy atom. The highest BCUT2D eigenvalue weighted by Gasteiger charge is 2.11. The monoisotopic (exact) mass is 281 g/mol. The normalized spacial score (nSPS) is 10.7. The van der Waals surface area contributed by atoms with Crippen molar-refractivity contribution in [3.05, 3.63) is 29.3 Å². The van der Waals surface area contributed by atoms with Gasteiger partial charge in [-0.15, -0.1) is 0 Å². The number of aliphatic hydroxyl groups excluding tert-OH is 1. The predicted molar refractivity (Wildman–Crippen MR) is 77.5 cm³/mol. The summed E-state index contributed by atoms with van der Waals surface area (Å²) in [4.78, 5) is 0. The van der Waals surface area contributed by atoms with Crippen molar-refractivity contribution < 1.29 is 13.5 Å². The fraction of sp³-hybridized carbons (Fsp3) is 0.429. The van der Waals surface area contributed by atoms with Crippen LogP contribution in [0, 0.1) is 18.8 Å². The second-order valence-corrected chi connectivity index (χ2v) is 6.09. The molecule has 0 atom stereocenters. The predicted octanol–water partition coefficient (Wildman–Crippen LogP) is 1.88. The van der Waals surface area contributed by atoms with Crippen LogP contribution in [0.2, 0.25) is 0 Å². The molecule has 0 saturated carbocycles. The number of benzene rings is 1. The lowest BCUT2D eigenvalue weighted by molar-refractivity contribution is 0.305. The van der Waals surface area contributed by atoms with Gasteiger partial charge in [0.1, 0.15) is 0 Å². The molecule has 0 fully saturated rings. The summed E-state index contributed by atoms with van der Waals surface area (Å²) in [6, 6.07) is 5.42. The van der Waals surface area contributed by atoms with Crippen LogP contribution in [0.25, 0.3) is 0 Å². The fourth-order valence-corrected chi connectivity index (χ4v) is 2.70. The largest absolute Gasteiger partial charge is 0.395 e. The lowest BCUT2D eigenvalue weighted by Crippen LogP contribution is -2.16. The van der Waals surface area contributed by atoms with Crippen molar-refractivity contribution in [1.29, 1.82) is 0 Å². The van der Waals surface area contributed by atoms with E-state index in [0.717, 1.165) is 5.56 Å². The van der Waals surface area contributed by atoms with Gasteiger partial charge in [0.15, 0.2) is 0 Å². The highest BCUT2D eigenvalue weighted by molar-refractivity contribution is 7.92. The van der Waals surface area contributed by atoms with Crippen molar-refractivity contribution in [3.8, 4) is 11.8 Å². The quantitative estimate of drug-likeness (QED) is 0.810. The summed E-state index contributed by atoms with van der Waals surface area (Å²) >= 11 is 0. The zero-order valence-electron chi connectivity index (χ0n) is 11.2. The SMILES string of the molecule is CCCS(=O)(=O)Nc1cc(C)ccc1C#CCCO. The maximum atomic E-state index is 11.8. The summed E-state index contributed by atoms with van der Waals surface area (Å²) in [6.45, 7) is 3.70. The molecule has 0 spiro atoms. The molecule has 2 N–H and O–H groups in total. The first-order chi connectivity index (χ1) is 8.98. The molecule has 1 aromatic rings. The van der Waals surface area contributed by atoms with Crippen LogP contribution >= 0.6 is 0 Å². The van der Waals surface area contributed by atoms with Gasteiger partial charge in [-0.25, -0.2) is 8.42 Å². The van der Waals surface area contributed by atoms with E-state index in [1.165, 1.54) is 0 Å². The highest BCUT2D eigenvalue weighted by Crippen LogP contribution is 2.18. The summed E-state index contributed by atoms with van der Waals surface area (Å²) in [6.07, 6.45) is 0.932. The van der Waals surface area contributed by atoms with Gasteiger partial charge in [0.25, 0.3) is 0 Å². The van der Waals surface area contributed by atoms with Crippen LogP contribution in [0.3, 0.4) is 0 Å². The Labute approximate surface area is 114 Å². The molecule has 0 aliphatic heterocycles. The zero-order valence-corrected chi connectivity index (χ0v) is 12.0. The molecule has 0 radical (unpaired) electrons. The average molecular weight is 281 g/mol. The van der Waals surface area contributed by atoms with Gasteiger partial charge < -0.3 is 5.11 Å². The Hall–Kier alpha value is -1.51. The molecule has 0 aliphatic rings. The van der Waals surface area contributed by atoms with Crippen LogP contribution < -0.4 is 4.72 Å². The van der Waals surface area contributed by atoms with Gasteiger partial charge in [0, 0.05) is 12.0 Å². The minimum Gasteiger partial charge on any atom is -0.395 e. The Kier molecular flexibility index (Phi) is 5.87. The van der Waals surface area contributed by atoms with Crippen LogP contribution in [0.5, 0.6) is 0 Å². The van der Waals surface area contributed by atoms with Crippen molar-refractivity contribution in [1.82, 2.24) is 0 Å². The third kappa shape index (κ3) is 5.33. The maximum Gasteiger partial charge on any atom is 0.232 e. The van der Waals surface area contributed by atoms with E-state index < -0.39 is 10.0 Å². The number of anilines is 1. The van der Waals surface area contributed by atoms with Crippen molar-refractivity contribution in [2.45, 2.75) is 26.7 Å². The van der Waals surface area contributed by atoms with Gasteiger partial charge in [-0.05, 0) is 31.0 Å². The van der Waals surface area contributed by atoms with Crippen molar-refractivity contribution in [2.75, 3.05) is 17.1 Å². The van der Waals surface area contributed by atoms with Crippen LogP contribution in [0.15, 0.2) is 18.2 Å². The number of rotatable bonds is 5. The minimum absolute atomic E-state index is 0.00421. The molecule has 19 heavy (non-hydrogen) atoms. The van der Waals surface area contributed by atoms with E-state index >= 15 is 0 Å². The molecular weight excluding hydrogens is 262 g/mol. The summed E-state index contributed by atoms with van der Waals surface area (Å²) in [7, 11) is -3.32. The summed E-state index contributed by atoms with van der Waals surface area (Å²) in [5.74, 6) is 5.75. The second kappa shape index (κ2) is 7.17. The van der Waals surface area contributed by atoms with Crippen LogP contribution in [0.4, 0.5) is 5.69 Å². The van der Waals surface area contributed by atoms with Crippen molar-refractivity contribution in [3.63, 3.8) is 0 Å². The number of aryl methyl sites for hydroxylation is 1. The number of hydrogen-bond acceptors (Lipinski definition) is 3. The summed E-state index contributed by atoms with van der Waals surface area (Å²) < 4.78 is 26.2.